The summed E-state index contributed by atoms with van der Waals surface area (Å²) in [5.74, 6) is 0. The first-order chi connectivity index (χ1) is 9.98. The Bertz CT molecular complexity index is 639. The molecule has 0 saturated carbocycles. The van der Waals surface area contributed by atoms with Gasteiger partial charge in [0.05, 0.1) is 24.1 Å². The molecule has 0 aliphatic carbocycles. The maximum absolute atomic E-state index is 12.6. The summed E-state index contributed by atoms with van der Waals surface area (Å²) in [7, 11) is -3.62. The molecule has 1 aromatic carbocycles. The second-order valence-electron chi connectivity index (χ2n) is 4.94. The highest BCUT2D eigenvalue weighted by Gasteiger charge is 2.31. The minimum absolute atomic E-state index is 0.0584. The Kier molecular flexibility index (Phi) is 4.96. The lowest BCUT2D eigenvalue weighted by atomic mass is 10.1. The third-order valence-corrected chi connectivity index (χ3v) is 5.40. The number of nitrogens with zero attached hydrogens (tertiary/aromatic N) is 2. The van der Waals surface area contributed by atoms with Crippen molar-refractivity contribution in [2.24, 2.45) is 5.73 Å². The van der Waals surface area contributed by atoms with Gasteiger partial charge in [-0.2, -0.15) is 9.57 Å². The predicted octanol–water partition coefficient (Wildman–Crippen LogP) is 1.01. The summed E-state index contributed by atoms with van der Waals surface area (Å²) < 4.78 is 31.7. The van der Waals surface area contributed by atoms with Gasteiger partial charge in [-0.05, 0) is 24.1 Å². The SMILES string of the molecule is CCC(N)c1cccc(S(=O)(=O)N2CCOC(C#N)C2)c1. The van der Waals surface area contributed by atoms with Crippen LogP contribution in [0.25, 0.3) is 0 Å². The van der Waals surface area contributed by atoms with Crippen LogP contribution in [0.2, 0.25) is 0 Å². The number of nitriles is 1. The molecule has 0 spiro atoms. The van der Waals surface area contributed by atoms with Gasteiger partial charge in [0, 0.05) is 12.6 Å². The number of hydrogen-bond donors (Lipinski definition) is 1. The summed E-state index contributed by atoms with van der Waals surface area (Å²) in [6.07, 6.45) is 0.0204. The van der Waals surface area contributed by atoms with Gasteiger partial charge >= 0.3 is 0 Å². The molecule has 1 aliphatic rings. The Morgan fingerprint density at radius 3 is 3.00 bits per heavy atom. The second kappa shape index (κ2) is 6.54. The molecule has 2 N–H and O–H groups in total. The first kappa shape index (κ1) is 15.9. The fourth-order valence-electron chi connectivity index (χ4n) is 2.21. The highest BCUT2D eigenvalue weighted by molar-refractivity contribution is 7.89. The molecule has 0 radical (unpaired) electrons. The lowest BCUT2D eigenvalue weighted by molar-refractivity contribution is 0.0311. The number of sulfonamides is 1. The largest absolute Gasteiger partial charge is 0.361 e. The Morgan fingerprint density at radius 2 is 2.33 bits per heavy atom. The molecule has 2 unspecified atom stereocenters. The number of nitrogens with two attached hydrogens (primary N) is 1. The fourth-order valence-corrected chi connectivity index (χ4v) is 3.69. The van der Waals surface area contributed by atoms with Crippen molar-refractivity contribution in [2.75, 3.05) is 19.7 Å². The second-order valence-corrected chi connectivity index (χ2v) is 6.88. The first-order valence-electron chi connectivity index (χ1n) is 6.86. The van der Waals surface area contributed by atoms with Gasteiger partial charge in [0.25, 0.3) is 0 Å². The molecular weight excluding hydrogens is 290 g/mol. The van der Waals surface area contributed by atoms with E-state index in [0.29, 0.717) is 0 Å². The Balaban J connectivity index is 2.29. The molecule has 1 aliphatic heterocycles. The lowest BCUT2D eigenvalue weighted by Crippen LogP contribution is -2.45. The molecule has 1 aromatic rings. The number of benzene rings is 1. The smallest absolute Gasteiger partial charge is 0.243 e. The molecule has 1 saturated heterocycles. The van der Waals surface area contributed by atoms with Crippen LogP contribution in [0.3, 0.4) is 0 Å². The van der Waals surface area contributed by atoms with Crippen LogP contribution in [0.5, 0.6) is 0 Å². The van der Waals surface area contributed by atoms with Gasteiger partial charge in [0.15, 0.2) is 6.10 Å². The third-order valence-electron chi connectivity index (χ3n) is 3.54. The van der Waals surface area contributed by atoms with E-state index in [0.717, 1.165) is 12.0 Å². The maximum atomic E-state index is 12.6. The van der Waals surface area contributed by atoms with Crippen LogP contribution in [-0.4, -0.2) is 38.5 Å². The summed E-state index contributed by atoms with van der Waals surface area (Å²) in [6.45, 7) is 2.49. The van der Waals surface area contributed by atoms with Gasteiger partial charge in [-0.1, -0.05) is 19.1 Å². The Hall–Kier alpha value is -1.46. The highest BCUT2D eigenvalue weighted by Crippen LogP contribution is 2.22. The van der Waals surface area contributed by atoms with Crippen molar-refractivity contribution in [3.8, 4) is 6.07 Å². The van der Waals surface area contributed by atoms with Crippen LogP contribution in [0, 0.1) is 11.3 Å². The van der Waals surface area contributed by atoms with E-state index in [4.69, 9.17) is 15.7 Å². The maximum Gasteiger partial charge on any atom is 0.243 e. The van der Waals surface area contributed by atoms with E-state index < -0.39 is 16.1 Å². The fraction of sp³-hybridized carbons (Fsp3) is 0.500. The van der Waals surface area contributed by atoms with Crippen molar-refractivity contribution in [1.29, 1.82) is 5.26 Å². The molecule has 0 bridgehead atoms. The molecule has 1 heterocycles. The van der Waals surface area contributed by atoms with Gasteiger partial charge in [-0.15, -0.1) is 0 Å². The van der Waals surface area contributed by atoms with Crippen molar-refractivity contribution in [3.05, 3.63) is 29.8 Å². The highest BCUT2D eigenvalue weighted by atomic mass is 32.2. The summed E-state index contributed by atoms with van der Waals surface area (Å²) in [6, 6.07) is 8.45. The number of ether oxygens (including phenoxy) is 1. The van der Waals surface area contributed by atoms with E-state index in [2.05, 4.69) is 0 Å². The first-order valence-corrected chi connectivity index (χ1v) is 8.30. The average molecular weight is 309 g/mol. The molecule has 2 rings (SSSR count). The van der Waals surface area contributed by atoms with Crippen LogP contribution in [0.4, 0.5) is 0 Å². The van der Waals surface area contributed by atoms with Crippen LogP contribution >= 0.6 is 0 Å². The van der Waals surface area contributed by atoms with Crippen LogP contribution in [0.15, 0.2) is 29.2 Å². The molecule has 114 valence electrons. The van der Waals surface area contributed by atoms with Crippen LogP contribution < -0.4 is 5.73 Å². The third kappa shape index (κ3) is 3.41. The zero-order valence-electron chi connectivity index (χ0n) is 11.9. The Labute approximate surface area is 125 Å². The quantitative estimate of drug-likeness (QED) is 0.895. The minimum Gasteiger partial charge on any atom is -0.361 e. The standard InChI is InChI=1S/C14H19N3O3S/c1-2-14(16)11-4-3-5-13(8-11)21(18,19)17-6-7-20-12(9-15)10-17/h3-5,8,12,14H,2,6-7,10,16H2,1H3. The van der Waals surface area contributed by atoms with E-state index in [-0.39, 0.29) is 30.6 Å². The number of rotatable bonds is 4. The summed E-state index contributed by atoms with van der Waals surface area (Å²) in [4.78, 5) is 0.211. The molecule has 0 aromatic heterocycles. The van der Waals surface area contributed by atoms with Crippen LogP contribution in [-0.2, 0) is 14.8 Å². The van der Waals surface area contributed by atoms with Gasteiger partial charge in [0.2, 0.25) is 10.0 Å². The van der Waals surface area contributed by atoms with Gasteiger partial charge in [0.1, 0.15) is 0 Å². The van der Waals surface area contributed by atoms with Gasteiger partial charge in [-0.25, -0.2) is 8.42 Å². The molecular formula is C14H19N3O3S. The van der Waals surface area contributed by atoms with Gasteiger partial charge < -0.3 is 10.5 Å². The van der Waals surface area contributed by atoms with Crippen molar-refractivity contribution >= 4 is 10.0 Å². The Morgan fingerprint density at radius 1 is 1.57 bits per heavy atom. The van der Waals surface area contributed by atoms with E-state index in [9.17, 15) is 8.42 Å². The van der Waals surface area contributed by atoms with Crippen molar-refractivity contribution in [2.45, 2.75) is 30.4 Å². The predicted molar refractivity (Wildman–Crippen MR) is 77.8 cm³/mol. The van der Waals surface area contributed by atoms with E-state index in [1.165, 1.54) is 4.31 Å². The number of morpholine rings is 1. The van der Waals surface area contributed by atoms with E-state index in [1.54, 1.807) is 18.2 Å². The minimum atomic E-state index is -3.62. The normalized spacial score (nSPS) is 21.7. The molecule has 21 heavy (non-hydrogen) atoms. The zero-order chi connectivity index (χ0) is 15.5. The molecule has 7 heteroatoms. The molecule has 2 atom stereocenters. The summed E-state index contributed by atoms with van der Waals surface area (Å²) in [5, 5.41) is 8.88. The van der Waals surface area contributed by atoms with Crippen molar-refractivity contribution < 1.29 is 13.2 Å². The number of hydrogen-bond acceptors (Lipinski definition) is 5. The van der Waals surface area contributed by atoms with Crippen molar-refractivity contribution in [1.82, 2.24) is 4.31 Å². The molecule has 1 fully saturated rings. The lowest BCUT2D eigenvalue weighted by Gasteiger charge is -2.29. The monoisotopic (exact) mass is 309 g/mol. The van der Waals surface area contributed by atoms with E-state index >= 15 is 0 Å². The van der Waals surface area contributed by atoms with Crippen molar-refractivity contribution in [3.63, 3.8) is 0 Å². The zero-order valence-corrected chi connectivity index (χ0v) is 12.7. The summed E-state index contributed by atoms with van der Waals surface area (Å²) in [5.41, 5.74) is 6.75. The summed E-state index contributed by atoms with van der Waals surface area (Å²) >= 11 is 0. The molecule has 6 nitrogen and oxygen atoms in total. The van der Waals surface area contributed by atoms with Gasteiger partial charge in [-0.3, -0.25) is 0 Å². The average Bonchev–Trinajstić information content (AvgIpc) is 2.54. The molecule has 0 amide bonds. The van der Waals surface area contributed by atoms with E-state index in [1.807, 2.05) is 19.1 Å². The topological polar surface area (TPSA) is 96.4 Å². The van der Waals surface area contributed by atoms with Crippen LogP contribution in [0.1, 0.15) is 24.9 Å².